The normalized spacial score (nSPS) is 21.8. The van der Waals surface area contributed by atoms with E-state index in [1.165, 1.54) is 17.9 Å². The van der Waals surface area contributed by atoms with Crippen LogP contribution in [0.5, 0.6) is 0 Å². The number of hydrogen-bond donors (Lipinski definition) is 5. The Hall–Kier alpha value is -2.34. The molecule has 1 aliphatic rings. The monoisotopic (exact) mass is 484 g/mol. The summed E-state index contributed by atoms with van der Waals surface area (Å²) in [5.41, 5.74) is -0.705. The van der Waals surface area contributed by atoms with Crippen molar-refractivity contribution in [2.45, 2.75) is 90.6 Å². The number of nitrogens with one attached hydrogen (secondary N) is 3. The van der Waals surface area contributed by atoms with Crippen LogP contribution in [0.15, 0.2) is 12.7 Å². The third-order valence-electron chi connectivity index (χ3n) is 5.46. The number of ether oxygens (including phenoxy) is 1. The molecule has 194 valence electrons. The average molecular weight is 485 g/mol. The summed E-state index contributed by atoms with van der Waals surface area (Å²) in [5, 5.41) is 27.9. The zero-order valence-electron chi connectivity index (χ0n) is 21.0. The summed E-state index contributed by atoms with van der Waals surface area (Å²) >= 11 is 0. The maximum atomic E-state index is 13.3. The minimum absolute atomic E-state index is 0.120. The van der Waals surface area contributed by atoms with E-state index in [0.717, 1.165) is 0 Å². The first-order valence-electron chi connectivity index (χ1n) is 11.6. The van der Waals surface area contributed by atoms with Crippen molar-refractivity contribution in [3.8, 4) is 0 Å². The highest BCUT2D eigenvalue weighted by molar-refractivity contribution is 6.38. The quantitative estimate of drug-likeness (QED) is 0.140. The Kier molecular flexibility index (Phi) is 11.3. The van der Waals surface area contributed by atoms with Crippen LogP contribution in [0.4, 0.5) is 0 Å². The molecule has 1 unspecified atom stereocenters. The molecule has 11 heteroatoms. The lowest BCUT2D eigenvalue weighted by atomic mass is 10.00. The molecule has 1 heterocycles. The van der Waals surface area contributed by atoms with Gasteiger partial charge < -0.3 is 30.5 Å². The zero-order chi connectivity index (χ0) is 26.2. The largest absolute Gasteiger partial charge is 0.391 e. The van der Waals surface area contributed by atoms with Crippen molar-refractivity contribution in [1.82, 2.24) is 20.9 Å². The fourth-order valence-corrected chi connectivity index (χ4v) is 3.73. The number of rotatable bonds is 12. The van der Waals surface area contributed by atoms with Gasteiger partial charge in [-0.1, -0.05) is 19.9 Å². The molecule has 1 saturated heterocycles. The first-order valence-corrected chi connectivity index (χ1v) is 11.6. The van der Waals surface area contributed by atoms with Crippen molar-refractivity contribution in [2.24, 2.45) is 5.92 Å². The van der Waals surface area contributed by atoms with E-state index in [2.05, 4.69) is 22.5 Å². The van der Waals surface area contributed by atoms with Crippen LogP contribution in [0.25, 0.3) is 0 Å². The van der Waals surface area contributed by atoms with Crippen molar-refractivity contribution >= 4 is 23.5 Å². The first-order chi connectivity index (χ1) is 15.7. The van der Waals surface area contributed by atoms with Crippen molar-refractivity contribution in [1.29, 1.82) is 0 Å². The Morgan fingerprint density at radius 2 is 1.85 bits per heavy atom. The van der Waals surface area contributed by atoms with Crippen LogP contribution in [0, 0.1) is 5.92 Å². The molecule has 5 N–H and O–H groups in total. The van der Waals surface area contributed by atoms with E-state index in [0.29, 0.717) is 6.42 Å². The highest BCUT2D eigenvalue weighted by Gasteiger charge is 2.44. The van der Waals surface area contributed by atoms with E-state index in [1.54, 1.807) is 34.6 Å². The number of Topliss-reactive ketones (excluding diaryl/α,β-unsaturated/α-hetero) is 1. The lowest BCUT2D eigenvalue weighted by molar-refractivity contribution is -0.192. The summed E-state index contributed by atoms with van der Waals surface area (Å²) in [6.07, 6.45) is -0.558. The van der Waals surface area contributed by atoms with Gasteiger partial charge in [0.1, 0.15) is 12.1 Å². The summed E-state index contributed by atoms with van der Waals surface area (Å²) in [6.45, 7) is 13.9. The lowest BCUT2D eigenvalue weighted by Crippen LogP contribution is -2.60. The fraction of sp³-hybridized carbons (Fsp3) is 0.739. The first kappa shape index (κ1) is 29.7. The predicted molar refractivity (Wildman–Crippen MR) is 125 cm³/mol. The third kappa shape index (κ3) is 8.46. The zero-order valence-corrected chi connectivity index (χ0v) is 21.0. The summed E-state index contributed by atoms with van der Waals surface area (Å²) in [7, 11) is 0. The molecule has 6 atom stereocenters. The van der Waals surface area contributed by atoms with Gasteiger partial charge in [-0.05, 0) is 46.5 Å². The van der Waals surface area contributed by atoms with Gasteiger partial charge in [0.2, 0.25) is 24.0 Å². The van der Waals surface area contributed by atoms with Gasteiger partial charge in [0.05, 0.1) is 17.7 Å². The van der Waals surface area contributed by atoms with E-state index in [4.69, 9.17) is 4.74 Å². The molecular formula is C23H40N4O7. The van der Waals surface area contributed by atoms with E-state index in [9.17, 15) is 29.4 Å². The molecule has 0 aromatic carbocycles. The number of aliphatic hydroxyl groups is 2. The molecule has 1 rings (SSSR count). The van der Waals surface area contributed by atoms with Gasteiger partial charge >= 0.3 is 0 Å². The SMILES string of the molecule is C=CCNC(=O)C(=O)[C@H](CC)NC(=O)[C@@H]1[C@@H](C)CCN1C(=O)[C@@H](NC(O)OC(C)(C)C)[C@H](C)O. The molecule has 0 radical (unpaired) electrons. The predicted octanol–water partition coefficient (Wildman–Crippen LogP) is -0.580. The van der Waals surface area contributed by atoms with E-state index >= 15 is 0 Å². The Morgan fingerprint density at radius 1 is 1.24 bits per heavy atom. The van der Waals surface area contributed by atoms with E-state index in [1.807, 2.05) is 0 Å². The Morgan fingerprint density at radius 3 is 2.35 bits per heavy atom. The molecule has 3 amide bonds. The Balaban J connectivity index is 2.99. The molecule has 1 fully saturated rings. The molecule has 11 nitrogen and oxygen atoms in total. The number of hydrogen-bond acceptors (Lipinski definition) is 8. The third-order valence-corrected chi connectivity index (χ3v) is 5.46. The van der Waals surface area contributed by atoms with Gasteiger partial charge in [-0.2, -0.15) is 0 Å². The molecule has 34 heavy (non-hydrogen) atoms. The number of carbonyl (C=O) groups excluding carboxylic acids is 4. The van der Waals surface area contributed by atoms with Crippen LogP contribution >= 0.6 is 0 Å². The van der Waals surface area contributed by atoms with Gasteiger partial charge in [-0.3, -0.25) is 24.5 Å². The van der Waals surface area contributed by atoms with Gasteiger partial charge in [0.25, 0.3) is 5.91 Å². The summed E-state index contributed by atoms with van der Waals surface area (Å²) in [4.78, 5) is 52.2. The number of amides is 3. The van der Waals surface area contributed by atoms with Gasteiger partial charge in [0, 0.05) is 13.1 Å². The molecule has 1 aliphatic heterocycles. The van der Waals surface area contributed by atoms with Gasteiger partial charge in [0.15, 0.2) is 0 Å². The molecule has 0 aromatic rings. The molecule has 0 aliphatic carbocycles. The number of aliphatic hydroxyl groups excluding tert-OH is 2. The average Bonchev–Trinajstić information content (AvgIpc) is 3.12. The summed E-state index contributed by atoms with van der Waals surface area (Å²) < 4.78 is 5.37. The Bertz CT molecular complexity index is 750. The highest BCUT2D eigenvalue weighted by Crippen LogP contribution is 2.26. The summed E-state index contributed by atoms with van der Waals surface area (Å²) in [6, 6.07) is -3.18. The number of likely N-dealkylation sites (tertiary alicyclic amines) is 1. The molecule has 0 aromatic heterocycles. The number of carbonyl (C=O) groups is 4. The molecule has 0 bridgehead atoms. The second-order valence-electron chi connectivity index (χ2n) is 9.54. The topological polar surface area (TPSA) is 157 Å². The van der Waals surface area contributed by atoms with E-state index < -0.39 is 59.7 Å². The van der Waals surface area contributed by atoms with Crippen LogP contribution in [0.2, 0.25) is 0 Å². The van der Waals surface area contributed by atoms with Gasteiger partial charge in [-0.25, -0.2) is 0 Å². The van der Waals surface area contributed by atoms with Crippen molar-refractivity contribution < 1.29 is 34.1 Å². The van der Waals surface area contributed by atoms with Crippen molar-refractivity contribution in [3.05, 3.63) is 12.7 Å². The van der Waals surface area contributed by atoms with Crippen LogP contribution in [0.3, 0.4) is 0 Å². The van der Waals surface area contributed by atoms with Crippen LogP contribution in [-0.4, -0.2) is 88.0 Å². The maximum absolute atomic E-state index is 13.3. The lowest BCUT2D eigenvalue weighted by Gasteiger charge is -2.33. The minimum atomic E-state index is -1.52. The molecular weight excluding hydrogens is 444 g/mol. The molecule has 0 saturated carbocycles. The van der Waals surface area contributed by atoms with Gasteiger partial charge in [-0.15, -0.1) is 6.58 Å². The van der Waals surface area contributed by atoms with Crippen molar-refractivity contribution in [2.75, 3.05) is 13.1 Å². The standard InChI is InChI=1S/C23H40N4O7/c1-8-11-24-20(31)18(29)15(9-2)25-19(30)17-13(3)10-12-27(17)21(32)16(14(4)28)26-22(33)34-23(5,6)7/h8,13-17,22,26,28,33H,1,9-12H2,2-7H3,(H,24,31)(H,25,30)/t13-,14-,15-,16-,17-,22?/m0/s1. The Labute approximate surface area is 201 Å². The number of nitrogens with zero attached hydrogens (tertiary/aromatic N) is 1. The van der Waals surface area contributed by atoms with Crippen molar-refractivity contribution in [3.63, 3.8) is 0 Å². The highest BCUT2D eigenvalue weighted by atomic mass is 16.6. The van der Waals surface area contributed by atoms with E-state index in [-0.39, 0.29) is 25.4 Å². The maximum Gasteiger partial charge on any atom is 0.289 e. The smallest absolute Gasteiger partial charge is 0.289 e. The molecule has 0 spiro atoms. The minimum Gasteiger partial charge on any atom is -0.391 e. The van der Waals surface area contributed by atoms with Crippen LogP contribution in [0.1, 0.15) is 54.4 Å². The second-order valence-corrected chi connectivity index (χ2v) is 9.54. The number of ketones is 1. The van der Waals surface area contributed by atoms with Crippen LogP contribution < -0.4 is 16.0 Å². The second kappa shape index (κ2) is 12.9. The summed E-state index contributed by atoms with van der Waals surface area (Å²) in [5.74, 6) is -2.99. The fourth-order valence-electron chi connectivity index (χ4n) is 3.73. The van der Waals surface area contributed by atoms with Crippen LogP contribution in [-0.2, 0) is 23.9 Å².